The van der Waals surface area contributed by atoms with E-state index in [9.17, 15) is 9.59 Å². The Balaban J connectivity index is 2.12. The molecular formula is C23H31N5O2S. The summed E-state index contributed by atoms with van der Waals surface area (Å²) >= 11 is 1.71. The van der Waals surface area contributed by atoms with Crippen LogP contribution >= 0.6 is 11.3 Å². The van der Waals surface area contributed by atoms with Crippen LogP contribution in [0.3, 0.4) is 0 Å². The number of thiophene rings is 1. The largest absolute Gasteiger partial charge is 0.352 e. The molecule has 1 N–H and O–H groups in total. The van der Waals surface area contributed by atoms with Gasteiger partial charge in [0.25, 0.3) is 5.91 Å². The lowest BCUT2D eigenvalue weighted by atomic mass is 10.1. The molecule has 0 bridgehead atoms. The van der Waals surface area contributed by atoms with Gasteiger partial charge < -0.3 is 10.2 Å². The first-order valence-corrected chi connectivity index (χ1v) is 11.5. The molecule has 0 aliphatic carbocycles. The van der Waals surface area contributed by atoms with Crippen molar-refractivity contribution in [3.05, 3.63) is 33.6 Å². The number of hydrogen-bond donors (Lipinski definition) is 1. The molecule has 3 heterocycles. The van der Waals surface area contributed by atoms with Crippen molar-refractivity contribution >= 4 is 34.2 Å². The van der Waals surface area contributed by atoms with Crippen molar-refractivity contribution in [3.63, 3.8) is 0 Å². The lowest BCUT2D eigenvalue weighted by Gasteiger charge is -2.22. The Hall–Kier alpha value is -2.74. The average Bonchev–Trinajstić information content (AvgIpc) is 3.26. The van der Waals surface area contributed by atoms with E-state index >= 15 is 0 Å². The zero-order chi connectivity index (χ0) is 22.9. The van der Waals surface area contributed by atoms with E-state index in [-0.39, 0.29) is 30.4 Å². The second-order valence-corrected chi connectivity index (χ2v) is 9.80. The van der Waals surface area contributed by atoms with Crippen molar-refractivity contribution in [3.8, 4) is 11.3 Å². The molecule has 0 aliphatic heterocycles. The van der Waals surface area contributed by atoms with Gasteiger partial charge in [0.15, 0.2) is 5.65 Å². The molecule has 0 unspecified atom stereocenters. The molecule has 3 rings (SSSR count). The molecule has 0 saturated carbocycles. The van der Waals surface area contributed by atoms with E-state index in [1.807, 2.05) is 45.4 Å². The van der Waals surface area contributed by atoms with E-state index < -0.39 is 0 Å². The molecule has 0 atom stereocenters. The fraction of sp³-hybridized carbons (Fsp3) is 0.478. The second kappa shape index (κ2) is 9.18. The minimum Gasteiger partial charge on any atom is -0.352 e. The maximum absolute atomic E-state index is 13.5. The lowest BCUT2D eigenvalue weighted by Crippen LogP contribution is -2.42. The number of hydrogen-bond acceptors (Lipinski definition) is 5. The molecule has 0 radical (unpaired) electrons. The van der Waals surface area contributed by atoms with Crippen molar-refractivity contribution in [2.75, 3.05) is 13.1 Å². The first kappa shape index (κ1) is 22.9. The van der Waals surface area contributed by atoms with Crippen LogP contribution in [0.5, 0.6) is 0 Å². The molecule has 3 aromatic rings. The van der Waals surface area contributed by atoms with Gasteiger partial charge in [-0.25, -0.2) is 9.67 Å². The summed E-state index contributed by atoms with van der Waals surface area (Å²) < 4.78 is 1.84. The Kier molecular flexibility index (Phi) is 6.79. The standard InChI is InChI=1S/C23H31N5O2S/c1-8-27(12-21(29)25-13(2)3)23(30)18-10-20(17-9-15(6)31-16(17)7)26-22-19(18)11-24-28(22)14(4)5/h9-11,13-14H,8,12H2,1-7H3,(H,25,29). The number of nitrogens with one attached hydrogen (secondary N) is 1. The van der Waals surface area contributed by atoms with Crippen LogP contribution in [0.25, 0.3) is 22.3 Å². The number of fused-ring (bicyclic) bond motifs is 1. The van der Waals surface area contributed by atoms with Crippen LogP contribution in [0.1, 0.15) is 60.8 Å². The molecule has 0 aliphatic rings. The van der Waals surface area contributed by atoms with Gasteiger partial charge >= 0.3 is 0 Å². The van der Waals surface area contributed by atoms with Crippen LogP contribution in [0.2, 0.25) is 0 Å². The van der Waals surface area contributed by atoms with Gasteiger partial charge in [-0.05, 0) is 60.6 Å². The van der Waals surface area contributed by atoms with Crippen LogP contribution in [0.4, 0.5) is 0 Å². The number of carbonyl (C=O) groups is 2. The molecule has 0 spiro atoms. The maximum atomic E-state index is 13.5. The summed E-state index contributed by atoms with van der Waals surface area (Å²) in [6.45, 7) is 14.3. The molecule has 166 valence electrons. The molecule has 2 amide bonds. The Morgan fingerprint density at radius 3 is 2.45 bits per heavy atom. The van der Waals surface area contributed by atoms with Crippen molar-refractivity contribution in [1.29, 1.82) is 0 Å². The topological polar surface area (TPSA) is 80.1 Å². The number of rotatable bonds is 7. The van der Waals surface area contributed by atoms with Gasteiger partial charge in [-0.3, -0.25) is 9.59 Å². The number of amides is 2. The zero-order valence-corrected chi connectivity index (χ0v) is 20.1. The molecule has 0 saturated heterocycles. The highest BCUT2D eigenvalue weighted by Gasteiger charge is 2.24. The van der Waals surface area contributed by atoms with Gasteiger partial charge in [0.05, 0.1) is 29.4 Å². The minimum atomic E-state index is -0.192. The summed E-state index contributed by atoms with van der Waals surface area (Å²) in [7, 11) is 0. The molecule has 31 heavy (non-hydrogen) atoms. The molecule has 0 fully saturated rings. The Morgan fingerprint density at radius 2 is 1.90 bits per heavy atom. The monoisotopic (exact) mass is 441 g/mol. The summed E-state index contributed by atoms with van der Waals surface area (Å²) in [5.74, 6) is -0.360. The van der Waals surface area contributed by atoms with Crippen LogP contribution < -0.4 is 5.32 Å². The molecule has 3 aromatic heterocycles. The fourth-order valence-corrected chi connectivity index (χ4v) is 4.57. The molecule has 0 aromatic carbocycles. The summed E-state index contributed by atoms with van der Waals surface area (Å²) in [5.41, 5.74) is 2.98. The van der Waals surface area contributed by atoms with Crippen LogP contribution in [-0.2, 0) is 4.79 Å². The van der Waals surface area contributed by atoms with Gasteiger partial charge in [-0.15, -0.1) is 11.3 Å². The van der Waals surface area contributed by atoms with E-state index in [0.717, 1.165) is 16.1 Å². The summed E-state index contributed by atoms with van der Waals surface area (Å²) in [6, 6.07) is 4.07. The predicted octanol–water partition coefficient (Wildman–Crippen LogP) is 4.34. The number of nitrogens with zero attached hydrogens (tertiary/aromatic N) is 4. The third kappa shape index (κ3) is 4.79. The Morgan fingerprint density at radius 1 is 1.19 bits per heavy atom. The smallest absolute Gasteiger partial charge is 0.255 e. The van der Waals surface area contributed by atoms with Crippen LogP contribution in [-0.4, -0.2) is 50.6 Å². The minimum absolute atomic E-state index is 0.0154. The van der Waals surface area contributed by atoms with Crippen LogP contribution in [0, 0.1) is 13.8 Å². The van der Waals surface area contributed by atoms with Crippen molar-refractivity contribution < 1.29 is 9.59 Å². The van der Waals surface area contributed by atoms with Gasteiger partial charge in [0, 0.05) is 33.9 Å². The predicted molar refractivity (Wildman–Crippen MR) is 126 cm³/mol. The third-order valence-corrected chi connectivity index (χ3v) is 6.02. The first-order chi connectivity index (χ1) is 14.6. The van der Waals surface area contributed by atoms with E-state index in [1.54, 1.807) is 22.4 Å². The highest BCUT2D eigenvalue weighted by molar-refractivity contribution is 7.12. The number of aromatic nitrogens is 3. The van der Waals surface area contributed by atoms with Crippen LogP contribution in [0.15, 0.2) is 18.3 Å². The van der Waals surface area contributed by atoms with E-state index in [0.29, 0.717) is 23.1 Å². The number of pyridine rings is 1. The fourth-order valence-electron chi connectivity index (χ4n) is 3.63. The summed E-state index contributed by atoms with van der Waals surface area (Å²) in [5, 5.41) is 8.05. The zero-order valence-electron chi connectivity index (χ0n) is 19.3. The van der Waals surface area contributed by atoms with Gasteiger partial charge in [-0.2, -0.15) is 5.10 Å². The first-order valence-electron chi connectivity index (χ1n) is 10.7. The van der Waals surface area contributed by atoms with E-state index in [2.05, 4.69) is 30.3 Å². The number of carbonyl (C=O) groups excluding carboxylic acids is 2. The van der Waals surface area contributed by atoms with Crippen molar-refractivity contribution in [2.45, 2.75) is 60.5 Å². The van der Waals surface area contributed by atoms with Crippen molar-refractivity contribution in [2.24, 2.45) is 0 Å². The highest BCUT2D eigenvalue weighted by atomic mass is 32.1. The van der Waals surface area contributed by atoms with Crippen molar-refractivity contribution in [1.82, 2.24) is 25.0 Å². The van der Waals surface area contributed by atoms with E-state index in [4.69, 9.17) is 4.98 Å². The maximum Gasteiger partial charge on any atom is 0.255 e. The second-order valence-electron chi connectivity index (χ2n) is 8.34. The Labute approximate surface area is 187 Å². The number of likely N-dealkylation sites (N-methyl/N-ethyl adjacent to an activating group) is 1. The van der Waals surface area contributed by atoms with Gasteiger partial charge in [-0.1, -0.05) is 0 Å². The van der Waals surface area contributed by atoms with E-state index in [1.165, 1.54) is 4.88 Å². The third-order valence-electron chi connectivity index (χ3n) is 5.06. The quantitative estimate of drug-likeness (QED) is 0.591. The number of aryl methyl sites for hydroxylation is 2. The molecular weight excluding hydrogens is 410 g/mol. The summed E-state index contributed by atoms with van der Waals surface area (Å²) in [6.07, 6.45) is 1.70. The van der Waals surface area contributed by atoms with Gasteiger partial charge in [0.1, 0.15) is 0 Å². The summed E-state index contributed by atoms with van der Waals surface area (Å²) in [4.78, 5) is 34.7. The average molecular weight is 442 g/mol. The normalized spacial score (nSPS) is 11.5. The lowest BCUT2D eigenvalue weighted by molar-refractivity contribution is -0.122. The Bertz CT molecular complexity index is 1110. The SMILES string of the molecule is CCN(CC(=O)NC(C)C)C(=O)c1cc(-c2cc(C)sc2C)nc2c1cnn2C(C)C. The molecule has 7 nitrogen and oxygen atoms in total. The highest BCUT2D eigenvalue weighted by Crippen LogP contribution is 2.33. The molecule has 8 heteroatoms. The van der Waals surface area contributed by atoms with Gasteiger partial charge in [0.2, 0.25) is 5.91 Å².